The van der Waals surface area contributed by atoms with Crippen molar-refractivity contribution in [3.8, 4) is 0 Å². The molecule has 0 saturated carbocycles. The monoisotopic (exact) mass is 313 g/mol. The Morgan fingerprint density at radius 3 is 2.65 bits per heavy atom. The Morgan fingerprint density at radius 1 is 1.20 bits per heavy atom. The first-order chi connectivity index (χ1) is 9.60. The van der Waals surface area contributed by atoms with E-state index in [2.05, 4.69) is 11.4 Å². The fourth-order valence-corrected chi connectivity index (χ4v) is 4.35. The van der Waals surface area contributed by atoms with Gasteiger partial charge in [-0.15, -0.1) is 11.3 Å². The number of rotatable bonds is 3. The predicted octanol–water partition coefficient (Wildman–Crippen LogP) is 4.48. The summed E-state index contributed by atoms with van der Waals surface area (Å²) in [6.07, 6.45) is 3.42. The summed E-state index contributed by atoms with van der Waals surface area (Å²) in [7, 11) is 1.80. The minimum atomic E-state index is -0.915. The van der Waals surface area contributed by atoms with Gasteiger partial charge in [0.25, 0.3) is 0 Å². The maximum Gasteiger partial charge on any atom is 0.160 e. The van der Waals surface area contributed by atoms with Gasteiger partial charge < -0.3 is 5.32 Å². The number of thiophene rings is 1. The molecule has 1 heterocycles. The van der Waals surface area contributed by atoms with Crippen molar-refractivity contribution in [1.82, 2.24) is 5.32 Å². The zero-order chi connectivity index (χ0) is 14.3. The molecule has 1 aliphatic carbocycles. The third kappa shape index (κ3) is 2.36. The summed E-state index contributed by atoms with van der Waals surface area (Å²) in [5.74, 6) is -1.78. The SMILES string of the molecule is CNC(c1cc2c(s1)CCC2)c1cc(F)c(F)cc1Cl. The number of hydrogen-bond acceptors (Lipinski definition) is 2. The molecule has 0 radical (unpaired) electrons. The van der Waals surface area contributed by atoms with Crippen molar-refractivity contribution in [3.05, 3.63) is 55.7 Å². The third-order valence-corrected chi connectivity index (χ3v) is 5.32. The van der Waals surface area contributed by atoms with E-state index in [0.717, 1.165) is 23.8 Å². The van der Waals surface area contributed by atoms with Gasteiger partial charge in [-0.25, -0.2) is 8.78 Å². The van der Waals surface area contributed by atoms with Crippen LogP contribution in [0.3, 0.4) is 0 Å². The molecule has 1 N–H and O–H groups in total. The van der Waals surface area contributed by atoms with Crippen LogP contribution in [0.2, 0.25) is 5.02 Å². The normalized spacial score (nSPS) is 15.4. The van der Waals surface area contributed by atoms with Gasteiger partial charge in [-0.3, -0.25) is 0 Å². The van der Waals surface area contributed by atoms with E-state index in [9.17, 15) is 8.78 Å². The van der Waals surface area contributed by atoms with Crippen LogP contribution in [0.1, 0.15) is 33.3 Å². The smallest absolute Gasteiger partial charge is 0.160 e. The summed E-state index contributed by atoms with van der Waals surface area (Å²) in [5, 5.41) is 3.39. The summed E-state index contributed by atoms with van der Waals surface area (Å²) >= 11 is 7.81. The van der Waals surface area contributed by atoms with Crippen molar-refractivity contribution >= 4 is 22.9 Å². The molecular weight excluding hydrogens is 300 g/mol. The van der Waals surface area contributed by atoms with Crippen molar-refractivity contribution in [3.63, 3.8) is 0 Å². The molecule has 0 bridgehead atoms. The largest absolute Gasteiger partial charge is 0.309 e. The second-order valence-electron chi connectivity index (χ2n) is 4.96. The Kier molecular flexibility index (Phi) is 3.80. The molecule has 0 spiro atoms. The number of hydrogen-bond donors (Lipinski definition) is 1. The summed E-state index contributed by atoms with van der Waals surface area (Å²) in [6.45, 7) is 0. The van der Waals surface area contributed by atoms with Gasteiger partial charge in [0, 0.05) is 14.8 Å². The maximum atomic E-state index is 13.5. The Hall–Kier alpha value is -0.970. The molecule has 1 atom stereocenters. The van der Waals surface area contributed by atoms with Gasteiger partial charge in [0.15, 0.2) is 11.6 Å². The zero-order valence-corrected chi connectivity index (χ0v) is 12.5. The topological polar surface area (TPSA) is 12.0 Å². The Bertz CT molecular complexity index is 632. The average molecular weight is 314 g/mol. The molecular formula is C15H14ClF2NS. The molecule has 0 amide bonds. The fourth-order valence-electron chi connectivity index (χ4n) is 2.70. The molecule has 0 aliphatic heterocycles. The summed E-state index contributed by atoms with van der Waals surface area (Å²) in [6, 6.07) is 4.18. The molecule has 1 aromatic carbocycles. The van der Waals surface area contributed by atoms with Gasteiger partial charge in [-0.05, 0) is 55.6 Å². The molecule has 20 heavy (non-hydrogen) atoms. The predicted molar refractivity (Wildman–Crippen MR) is 78.6 cm³/mol. The van der Waals surface area contributed by atoms with E-state index in [-0.39, 0.29) is 11.1 Å². The molecule has 5 heteroatoms. The van der Waals surface area contributed by atoms with E-state index >= 15 is 0 Å². The average Bonchev–Trinajstić information content (AvgIpc) is 2.97. The number of fused-ring (bicyclic) bond motifs is 1. The molecule has 0 saturated heterocycles. The molecule has 1 nitrogen and oxygen atoms in total. The number of aryl methyl sites for hydroxylation is 2. The number of halogens is 3. The summed E-state index contributed by atoms with van der Waals surface area (Å²) in [4.78, 5) is 2.50. The lowest BCUT2D eigenvalue weighted by Crippen LogP contribution is -2.17. The van der Waals surface area contributed by atoms with Gasteiger partial charge >= 0.3 is 0 Å². The van der Waals surface area contributed by atoms with E-state index in [1.807, 2.05) is 0 Å². The molecule has 0 fully saturated rings. The molecule has 1 unspecified atom stereocenters. The zero-order valence-electron chi connectivity index (χ0n) is 11.0. The fraction of sp³-hybridized carbons (Fsp3) is 0.333. The number of benzene rings is 1. The maximum absolute atomic E-state index is 13.5. The molecule has 106 valence electrons. The highest BCUT2D eigenvalue weighted by Crippen LogP contribution is 2.38. The first-order valence-electron chi connectivity index (χ1n) is 6.53. The Balaban J connectivity index is 2.03. The van der Waals surface area contributed by atoms with Gasteiger partial charge in [0.1, 0.15) is 0 Å². The van der Waals surface area contributed by atoms with E-state index in [0.29, 0.717) is 5.56 Å². The lowest BCUT2D eigenvalue weighted by molar-refractivity contribution is 0.505. The van der Waals surface area contributed by atoms with Gasteiger partial charge in [0.2, 0.25) is 0 Å². The van der Waals surface area contributed by atoms with Crippen LogP contribution in [-0.2, 0) is 12.8 Å². The van der Waals surface area contributed by atoms with E-state index < -0.39 is 11.6 Å². The lowest BCUT2D eigenvalue weighted by atomic mass is 10.0. The molecule has 2 aromatic rings. The van der Waals surface area contributed by atoms with Crippen LogP contribution >= 0.6 is 22.9 Å². The first-order valence-corrected chi connectivity index (χ1v) is 7.72. The minimum Gasteiger partial charge on any atom is -0.309 e. The quantitative estimate of drug-likeness (QED) is 0.824. The third-order valence-electron chi connectivity index (χ3n) is 3.69. The molecule has 3 rings (SSSR count). The van der Waals surface area contributed by atoms with Crippen LogP contribution in [0.25, 0.3) is 0 Å². The summed E-state index contributed by atoms with van der Waals surface area (Å²) < 4.78 is 26.7. The van der Waals surface area contributed by atoms with E-state index in [1.54, 1.807) is 18.4 Å². The van der Waals surface area contributed by atoms with Crippen LogP contribution in [0.4, 0.5) is 8.78 Å². The minimum absolute atomic E-state index is 0.201. The summed E-state index contributed by atoms with van der Waals surface area (Å²) in [5.41, 5.74) is 1.96. The van der Waals surface area contributed by atoms with Crippen molar-refractivity contribution in [2.24, 2.45) is 0 Å². The number of nitrogens with one attached hydrogen (secondary N) is 1. The second kappa shape index (κ2) is 5.43. The Labute approximate surface area is 125 Å². The highest BCUT2D eigenvalue weighted by atomic mass is 35.5. The van der Waals surface area contributed by atoms with E-state index in [1.165, 1.54) is 22.9 Å². The van der Waals surface area contributed by atoms with Crippen molar-refractivity contribution in [1.29, 1.82) is 0 Å². The van der Waals surface area contributed by atoms with Crippen LogP contribution in [0, 0.1) is 11.6 Å². The molecule has 1 aliphatic rings. The second-order valence-corrected chi connectivity index (χ2v) is 6.54. The Morgan fingerprint density at radius 2 is 1.95 bits per heavy atom. The highest BCUT2D eigenvalue weighted by Gasteiger charge is 2.23. The van der Waals surface area contributed by atoms with Crippen molar-refractivity contribution < 1.29 is 8.78 Å². The van der Waals surface area contributed by atoms with Crippen molar-refractivity contribution in [2.75, 3.05) is 7.05 Å². The highest BCUT2D eigenvalue weighted by molar-refractivity contribution is 7.12. The van der Waals surface area contributed by atoms with E-state index in [4.69, 9.17) is 11.6 Å². The first kappa shape index (κ1) is 14.0. The van der Waals surface area contributed by atoms with Crippen LogP contribution in [0.15, 0.2) is 18.2 Å². The van der Waals surface area contributed by atoms with Gasteiger partial charge in [-0.2, -0.15) is 0 Å². The van der Waals surface area contributed by atoms with Gasteiger partial charge in [-0.1, -0.05) is 11.6 Å². The standard InChI is InChI=1S/C15H14ClF2NS/c1-19-15(9-6-11(17)12(18)7-10(9)16)14-5-8-3-2-4-13(8)20-14/h5-7,15,19H,2-4H2,1H3. The van der Waals surface area contributed by atoms with Gasteiger partial charge in [0.05, 0.1) is 6.04 Å². The van der Waals surface area contributed by atoms with Crippen LogP contribution < -0.4 is 5.32 Å². The van der Waals surface area contributed by atoms with Crippen molar-refractivity contribution in [2.45, 2.75) is 25.3 Å². The van der Waals surface area contributed by atoms with Crippen LogP contribution in [0.5, 0.6) is 0 Å². The lowest BCUT2D eigenvalue weighted by Gasteiger charge is -2.17. The van der Waals surface area contributed by atoms with Crippen LogP contribution in [-0.4, -0.2) is 7.05 Å². The molecule has 1 aromatic heterocycles.